The highest BCUT2D eigenvalue weighted by Gasteiger charge is 2.22. The summed E-state index contributed by atoms with van der Waals surface area (Å²) >= 11 is 8.99. The first-order valence-electron chi connectivity index (χ1n) is 5.90. The predicted octanol–water partition coefficient (Wildman–Crippen LogP) is 5.08. The van der Waals surface area contributed by atoms with Gasteiger partial charge in [-0.15, -0.1) is 0 Å². The summed E-state index contributed by atoms with van der Waals surface area (Å²) in [7, 11) is 0. The van der Waals surface area contributed by atoms with Crippen molar-refractivity contribution in [1.82, 2.24) is 0 Å². The van der Waals surface area contributed by atoms with Crippen LogP contribution < -0.4 is 0 Å². The predicted molar refractivity (Wildman–Crippen MR) is 79.0 cm³/mol. The Morgan fingerprint density at radius 2 is 1.60 bits per heavy atom. The Balaban J connectivity index is 2.57. The number of rotatable bonds is 2. The molecule has 0 bridgehead atoms. The summed E-state index contributed by atoms with van der Waals surface area (Å²) in [4.78, 5) is 0. The maximum absolute atomic E-state index is 13.9. The van der Waals surface area contributed by atoms with Crippen LogP contribution in [0.3, 0.4) is 0 Å². The highest BCUT2D eigenvalue weighted by Crippen LogP contribution is 2.32. The Morgan fingerprint density at radius 1 is 1.05 bits per heavy atom. The zero-order valence-electron chi connectivity index (χ0n) is 10.8. The quantitative estimate of drug-likeness (QED) is 0.791. The fourth-order valence-corrected chi connectivity index (χ4v) is 2.69. The van der Waals surface area contributed by atoms with Gasteiger partial charge in [0.25, 0.3) is 0 Å². The average molecular weight is 362 g/mol. The van der Waals surface area contributed by atoms with Crippen LogP contribution in [-0.4, -0.2) is 5.11 Å². The highest BCUT2D eigenvalue weighted by molar-refractivity contribution is 9.10. The van der Waals surface area contributed by atoms with Gasteiger partial charge in [0.15, 0.2) is 0 Å². The summed E-state index contributed by atoms with van der Waals surface area (Å²) in [5, 5.41) is 10.9. The molecule has 106 valence electrons. The molecule has 1 nitrogen and oxygen atoms in total. The van der Waals surface area contributed by atoms with E-state index in [1.165, 1.54) is 0 Å². The Morgan fingerprint density at radius 3 is 2.15 bits per heavy atom. The normalized spacial score (nSPS) is 12.6. The summed E-state index contributed by atoms with van der Waals surface area (Å²) in [5.74, 6) is -1.59. The first-order chi connectivity index (χ1) is 9.31. The van der Waals surface area contributed by atoms with E-state index < -0.39 is 17.7 Å². The lowest BCUT2D eigenvalue weighted by Crippen LogP contribution is -2.08. The number of aryl methyl sites for hydroxylation is 2. The van der Waals surface area contributed by atoms with Crippen molar-refractivity contribution >= 4 is 27.5 Å². The summed E-state index contributed by atoms with van der Waals surface area (Å²) in [6, 6.07) is 5.56. The summed E-state index contributed by atoms with van der Waals surface area (Å²) < 4.78 is 28.1. The average Bonchev–Trinajstić information content (AvgIpc) is 2.32. The largest absolute Gasteiger partial charge is 0.383 e. The Labute approximate surface area is 129 Å². The van der Waals surface area contributed by atoms with Gasteiger partial charge in [-0.1, -0.05) is 33.6 Å². The van der Waals surface area contributed by atoms with Crippen molar-refractivity contribution in [2.24, 2.45) is 0 Å². The minimum absolute atomic E-state index is 0.285. The van der Waals surface area contributed by atoms with E-state index in [0.29, 0.717) is 16.1 Å². The molecule has 5 heteroatoms. The van der Waals surface area contributed by atoms with Gasteiger partial charge in [-0.2, -0.15) is 0 Å². The molecule has 0 saturated carbocycles. The minimum Gasteiger partial charge on any atom is -0.383 e. The van der Waals surface area contributed by atoms with Crippen LogP contribution in [0.4, 0.5) is 8.78 Å². The molecule has 2 aromatic rings. The standard InChI is InChI=1S/C15H12BrClF2O/c1-7-4-11(17)8(2)3-10(7)15(20)14-12(18)5-9(16)6-13(14)19/h3-6,15,20H,1-2H3. The molecule has 0 aliphatic rings. The molecule has 0 heterocycles. The van der Waals surface area contributed by atoms with Gasteiger partial charge in [-0.3, -0.25) is 0 Å². The molecule has 0 amide bonds. The molecule has 0 aromatic heterocycles. The van der Waals surface area contributed by atoms with E-state index in [2.05, 4.69) is 15.9 Å². The van der Waals surface area contributed by atoms with E-state index in [9.17, 15) is 13.9 Å². The van der Waals surface area contributed by atoms with Gasteiger partial charge in [0, 0.05) is 9.50 Å². The van der Waals surface area contributed by atoms with E-state index >= 15 is 0 Å². The fraction of sp³-hybridized carbons (Fsp3) is 0.200. The Kier molecular flexibility index (Phi) is 4.47. The van der Waals surface area contributed by atoms with Crippen LogP contribution in [0, 0.1) is 25.5 Å². The molecule has 2 aromatic carbocycles. The lowest BCUT2D eigenvalue weighted by Gasteiger charge is -2.17. The molecule has 0 aliphatic heterocycles. The maximum Gasteiger partial charge on any atom is 0.133 e. The molecule has 1 unspecified atom stereocenters. The van der Waals surface area contributed by atoms with Gasteiger partial charge < -0.3 is 5.11 Å². The van der Waals surface area contributed by atoms with E-state index in [0.717, 1.165) is 17.7 Å². The van der Waals surface area contributed by atoms with Crippen LogP contribution in [0.15, 0.2) is 28.7 Å². The summed E-state index contributed by atoms with van der Waals surface area (Å²) in [6.07, 6.45) is -1.38. The third kappa shape index (κ3) is 2.87. The third-order valence-electron chi connectivity index (χ3n) is 3.16. The number of hydrogen-bond acceptors (Lipinski definition) is 1. The van der Waals surface area contributed by atoms with Crippen molar-refractivity contribution in [3.63, 3.8) is 0 Å². The van der Waals surface area contributed by atoms with Gasteiger partial charge in [-0.05, 0) is 48.7 Å². The van der Waals surface area contributed by atoms with Crippen LogP contribution in [0.1, 0.15) is 28.4 Å². The van der Waals surface area contributed by atoms with E-state index in [1.807, 2.05) is 0 Å². The molecular formula is C15H12BrClF2O. The van der Waals surface area contributed by atoms with Gasteiger partial charge in [0.1, 0.15) is 17.7 Å². The monoisotopic (exact) mass is 360 g/mol. The van der Waals surface area contributed by atoms with Crippen LogP contribution in [-0.2, 0) is 0 Å². The number of halogens is 4. The molecule has 1 N–H and O–H groups in total. The molecule has 20 heavy (non-hydrogen) atoms. The van der Waals surface area contributed by atoms with Crippen molar-refractivity contribution in [3.05, 3.63) is 67.6 Å². The summed E-state index contributed by atoms with van der Waals surface area (Å²) in [5.41, 5.74) is 1.49. The SMILES string of the molecule is Cc1cc(C(O)c2c(F)cc(Br)cc2F)c(C)cc1Cl. The van der Waals surface area contributed by atoms with Crippen molar-refractivity contribution in [2.75, 3.05) is 0 Å². The smallest absolute Gasteiger partial charge is 0.133 e. The number of hydrogen-bond donors (Lipinski definition) is 1. The maximum atomic E-state index is 13.9. The molecule has 0 spiro atoms. The van der Waals surface area contributed by atoms with E-state index in [-0.39, 0.29) is 10.0 Å². The second-order valence-corrected chi connectivity index (χ2v) is 5.97. The van der Waals surface area contributed by atoms with Gasteiger partial charge in [-0.25, -0.2) is 8.78 Å². The van der Waals surface area contributed by atoms with Crippen molar-refractivity contribution in [1.29, 1.82) is 0 Å². The number of aliphatic hydroxyl groups is 1. The molecule has 0 radical (unpaired) electrons. The van der Waals surface area contributed by atoms with Gasteiger partial charge in [0.2, 0.25) is 0 Å². The second-order valence-electron chi connectivity index (χ2n) is 4.64. The van der Waals surface area contributed by atoms with Crippen molar-refractivity contribution < 1.29 is 13.9 Å². The second kappa shape index (κ2) is 5.80. The van der Waals surface area contributed by atoms with Crippen LogP contribution in [0.25, 0.3) is 0 Å². The van der Waals surface area contributed by atoms with Gasteiger partial charge >= 0.3 is 0 Å². The number of benzene rings is 2. The topological polar surface area (TPSA) is 20.2 Å². The van der Waals surface area contributed by atoms with Gasteiger partial charge in [0.05, 0.1) is 5.56 Å². The molecule has 0 fully saturated rings. The third-order valence-corrected chi connectivity index (χ3v) is 4.02. The van der Waals surface area contributed by atoms with E-state index in [4.69, 9.17) is 11.6 Å². The van der Waals surface area contributed by atoms with Crippen LogP contribution >= 0.6 is 27.5 Å². The first-order valence-corrected chi connectivity index (χ1v) is 7.07. The van der Waals surface area contributed by atoms with Crippen LogP contribution in [0.2, 0.25) is 5.02 Å². The zero-order valence-corrected chi connectivity index (χ0v) is 13.2. The zero-order chi connectivity index (χ0) is 15.0. The molecule has 2 rings (SSSR count). The lowest BCUT2D eigenvalue weighted by atomic mass is 9.95. The fourth-order valence-electron chi connectivity index (χ4n) is 2.07. The Bertz CT molecular complexity index is 650. The van der Waals surface area contributed by atoms with Crippen LogP contribution in [0.5, 0.6) is 0 Å². The van der Waals surface area contributed by atoms with Crippen molar-refractivity contribution in [3.8, 4) is 0 Å². The molecular weight excluding hydrogens is 350 g/mol. The lowest BCUT2D eigenvalue weighted by molar-refractivity contribution is 0.208. The number of aliphatic hydroxyl groups excluding tert-OH is 1. The molecule has 0 saturated heterocycles. The van der Waals surface area contributed by atoms with E-state index in [1.54, 1.807) is 26.0 Å². The molecule has 1 atom stereocenters. The van der Waals surface area contributed by atoms with Crippen molar-refractivity contribution in [2.45, 2.75) is 20.0 Å². The highest BCUT2D eigenvalue weighted by atomic mass is 79.9. The summed E-state index contributed by atoms with van der Waals surface area (Å²) in [6.45, 7) is 3.50. The first kappa shape index (κ1) is 15.4. The molecule has 0 aliphatic carbocycles. The Hall–Kier alpha value is -0.970. The minimum atomic E-state index is -1.38.